The van der Waals surface area contributed by atoms with Gasteiger partial charge in [0.15, 0.2) is 0 Å². The molecule has 7 heteroatoms. The second-order valence-corrected chi connectivity index (χ2v) is 6.88. The minimum absolute atomic E-state index is 0.244. The predicted octanol–water partition coefficient (Wildman–Crippen LogP) is 3.84. The zero-order chi connectivity index (χ0) is 19.6. The highest BCUT2D eigenvalue weighted by atomic mass is 32.2. The molecule has 6 nitrogen and oxygen atoms in total. The highest BCUT2D eigenvalue weighted by Gasteiger charge is 2.41. The first-order valence-corrected chi connectivity index (χ1v) is 9.29. The molecule has 1 atom stereocenters. The molecule has 0 aliphatic carbocycles. The van der Waals surface area contributed by atoms with Crippen molar-refractivity contribution < 1.29 is 23.9 Å². The van der Waals surface area contributed by atoms with E-state index in [1.165, 1.54) is 14.0 Å². The molecule has 1 saturated heterocycles. The van der Waals surface area contributed by atoms with Crippen LogP contribution in [0.4, 0.5) is 4.79 Å². The maximum absolute atomic E-state index is 12.8. The van der Waals surface area contributed by atoms with E-state index >= 15 is 0 Å². The number of imide groups is 1. The average Bonchev–Trinajstić information content (AvgIpc) is 2.95. The number of hydrogen-bond donors (Lipinski definition) is 0. The van der Waals surface area contributed by atoms with Crippen LogP contribution in [0.2, 0.25) is 0 Å². The van der Waals surface area contributed by atoms with E-state index in [0.717, 1.165) is 33.0 Å². The average molecular weight is 385 g/mol. The molecule has 2 amide bonds. The maximum Gasteiger partial charge on any atom is 0.328 e. The normalized spacial score (nSPS) is 16.9. The zero-order valence-corrected chi connectivity index (χ0v) is 16.0. The number of rotatable bonds is 5. The Morgan fingerprint density at radius 3 is 2.67 bits per heavy atom. The van der Waals surface area contributed by atoms with Crippen LogP contribution in [0.25, 0.3) is 16.8 Å². The van der Waals surface area contributed by atoms with Crippen molar-refractivity contribution in [2.75, 3.05) is 13.7 Å². The number of hydrogen-bond acceptors (Lipinski definition) is 6. The summed E-state index contributed by atoms with van der Waals surface area (Å²) in [5.41, 5.74) is 0.728. The summed E-state index contributed by atoms with van der Waals surface area (Å²) in [6.45, 7) is 3.82. The molecule has 0 unspecified atom stereocenters. The molecule has 0 spiro atoms. The van der Waals surface area contributed by atoms with E-state index in [1.807, 2.05) is 43.3 Å². The summed E-state index contributed by atoms with van der Waals surface area (Å²) in [6, 6.07) is 10.5. The number of carbonyl (C=O) groups is 3. The Morgan fingerprint density at radius 2 is 1.96 bits per heavy atom. The van der Waals surface area contributed by atoms with Crippen molar-refractivity contribution in [2.24, 2.45) is 0 Å². The Bertz CT molecular complexity index is 953. The van der Waals surface area contributed by atoms with Crippen molar-refractivity contribution in [3.05, 3.63) is 46.9 Å². The molecule has 0 N–H and O–H groups in total. The first-order valence-electron chi connectivity index (χ1n) is 8.47. The first-order chi connectivity index (χ1) is 13.0. The topological polar surface area (TPSA) is 72.9 Å². The number of nitrogens with zero attached hydrogens (tertiary/aromatic N) is 1. The Balaban J connectivity index is 2.07. The second-order valence-electron chi connectivity index (χ2n) is 5.88. The zero-order valence-electron chi connectivity index (χ0n) is 15.2. The fraction of sp³-hybridized carbons (Fsp3) is 0.250. The van der Waals surface area contributed by atoms with Crippen LogP contribution in [0.15, 0.2) is 41.3 Å². The highest BCUT2D eigenvalue weighted by Crippen LogP contribution is 2.37. The number of benzene rings is 2. The molecule has 0 radical (unpaired) electrons. The summed E-state index contributed by atoms with van der Waals surface area (Å²) >= 11 is 0.803. The van der Waals surface area contributed by atoms with Crippen molar-refractivity contribution in [3.8, 4) is 5.75 Å². The smallest absolute Gasteiger partial charge is 0.328 e. The molecule has 27 heavy (non-hydrogen) atoms. The molecule has 1 aliphatic heterocycles. The lowest BCUT2D eigenvalue weighted by Crippen LogP contribution is -2.42. The Hall–Kier alpha value is -2.80. The van der Waals surface area contributed by atoms with E-state index in [-0.39, 0.29) is 4.91 Å². The van der Waals surface area contributed by atoms with Crippen LogP contribution < -0.4 is 4.74 Å². The largest absolute Gasteiger partial charge is 0.493 e. The lowest BCUT2D eigenvalue weighted by atomic mass is 10.0. The number of esters is 1. The van der Waals surface area contributed by atoms with Crippen LogP contribution in [0.1, 0.15) is 19.4 Å². The SMILES string of the molecule is CCOc1ccc2ccccc2c1/C=C1/SC(=O)N([C@H](C)C(=O)OC)C1=O. The minimum atomic E-state index is -0.979. The molecule has 140 valence electrons. The van der Waals surface area contributed by atoms with E-state index in [1.54, 1.807) is 6.08 Å². The Kier molecular flexibility index (Phi) is 5.51. The molecule has 0 saturated carbocycles. The first kappa shape index (κ1) is 19.0. The van der Waals surface area contributed by atoms with Crippen molar-refractivity contribution >= 4 is 45.7 Å². The predicted molar refractivity (Wildman–Crippen MR) is 104 cm³/mol. The molecule has 1 aliphatic rings. The van der Waals surface area contributed by atoms with E-state index in [9.17, 15) is 14.4 Å². The Labute approximate surface area is 161 Å². The fourth-order valence-electron chi connectivity index (χ4n) is 2.93. The van der Waals surface area contributed by atoms with E-state index < -0.39 is 23.2 Å². The van der Waals surface area contributed by atoms with E-state index in [0.29, 0.717) is 12.4 Å². The van der Waals surface area contributed by atoms with Gasteiger partial charge in [0, 0.05) is 5.56 Å². The summed E-state index contributed by atoms with van der Waals surface area (Å²) in [5, 5.41) is 1.41. The van der Waals surface area contributed by atoms with Gasteiger partial charge in [-0.3, -0.25) is 14.5 Å². The number of fused-ring (bicyclic) bond motifs is 1. The van der Waals surface area contributed by atoms with Gasteiger partial charge in [-0.15, -0.1) is 0 Å². The standard InChI is InChI=1S/C20H19NO5S/c1-4-26-16-10-9-13-7-5-6-8-14(13)15(16)11-17-18(22)21(20(24)27-17)12(2)19(23)25-3/h5-12H,4H2,1-3H3/b17-11+/t12-/m1/s1. The molecule has 1 fully saturated rings. The van der Waals surface area contributed by atoms with Crippen LogP contribution in [0, 0.1) is 0 Å². The quantitative estimate of drug-likeness (QED) is 0.575. The highest BCUT2D eigenvalue weighted by molar-refractivity contribution is 8.18. The van der Waals surface area contributed by atoms with Crippen LogP contribution in [-0.4, -0.2) is 41.8 Å². The van der Waals surface area contributed by atoms with Crippen LogP contribution >= 0.6 is 11.8 Å². The van der Waals surface area contributed by atoms with Gasteiger partial charge in [0.25, 0.3) is 11.1 Å². The molecule has 3 rings (SSSR count). The molecule has 2 aromatic carbocycles. The molecular formula is C20H19NO5S. The van der Waals surface area contributed by atoms with E-state index in [4.69, 9.17) is 4.74 Å². The van der Waals surface area contributed by atoms with Gasteiger partial charge in [-0.1, -0.05) is 30.3 Å². The summed E-state index contributed by atoms with van der Waals surface area (Å²) in [4.78, 5) is 38.0. The van der Waals surface area contributed by atoms with Crippen molar-refractivity contribution in [3.63, 3.8) is 0 Å². The Morgan fingerprint density at radius 1 is 1.22 bits per heavy atom. The summed E-state index contributed by atoms with van der Waals surface area (Å²) in [6.07, 6.45) is 1.65. The van der Waals surface area contributed by atoms with Gasteiger partial charge in [0.1, 0.15) is 11.8 Å². The van der Waals surface area contributed by atoms with Crippen molar-refractivity contribution in [1.82, 2.24) is 4.90 Å². The molecule has 2 aromatic rings. The number of ether oxygens (including phenoxy) is 2. The molecular weight excluding hydrogens is 366 g/mol. The fourth-order valence-corrected chi connectivity index (χ4v) is 3.82. The lowest BCUT2D eigenvalue weighted by molar-refractivity contribution is -0.148. The van der Waals surface area contributed by atoms with Crippen molar-refractivity contribution in [2.45, 2.75) is 19.9 Å². The summed E-state index contributed by atoms with van der Waals surface area (Å²) in [5.74, 6) is -0.527. The maximum atomic E-state index is 12.8. The van der Waals surface area contributed by atoms with Crippen LogP contribution in [0.3, 0.4) is 0 Å². The third-order valence-electron chi connectivity index (χ3n) is 4.26. The van der Waals surface area contributed by atoms with Gasteiger partial charge in [-0.05, 0) is 48.5 Å². The third-order valence-corrected chi connectivity index (χ3v) is 5.14. The van der Waals surface area contributed by atoms with Crippen molar-refractivity contribution in [1.29, 1.82) is 0 Å². The summed E-state index contributed by atoms with van der Waals surface area (Å²) < 4.78 is 10.4. The van der Waals surface area contributed by atoms with Gasteiger partial charge in [0.2, 0.25) is 0 Å². The molecule has 1 heterocycles. The summed E-state index contributed by atoms with van der Waals surface area (Å²) in [7, 11) is 1.22. The third kappa shape index (κ3) is 3.55. The van der Waals surface area contributed by atoms with Crippen LogP contribution in [0.5, 0.6) is 5.75 Å². The number of amides is 2. The van der Waals surface area contributed by atoms with Gasteiger partial charge in [-0.2, -0.15) is 0 Å². The number of carbonyl (C=O) groups excluding carboxylic acids is 3. The number of methoxy groups -OCH3 is 1. The minimum Gasteiger partial charge on any atom is -0.493 e. The molecule has 0 bridgehead atoms. The van der Waals surface area contributed by atoms with E-state index in [2.05, 4.69) is 4.74 Å². The monoisotopic (exact) mass is 385 g/mol. The second kappa shape index (κ2) is 7.84. The van der Waals surface area contributed by atoms with Gasteiger partial charge >= 0.3 is 5.97 Å². The number of thioether (sulfide) groups is 1. The molecule has 0 aromatic heterocycles. The van der Waals surface area contributed by atoms with Crippen LogP contribution in [-0.2, 0) is 14.3 Å². The van der Waals surface area contributed by atoms with Gasteiger partial charge in [-0.25, -0.2) is 4.79 Å². The lowest BCUT2D eigenvalue weighted by Gasteiger charge is -2.18. The van der Waals surface area contributed by atoms with Gasteiger partial charge in [0.05, 0.1) is 18.6 Å². The van der Waals surface area contributed by atoms with Gasteiger partial charge < -0.3 is 9.47 Å².